The summed E-state index contributed by atoms with van der Waals surface area (Å²) in [6, 6.07) is 12.5. The fourth-order valence-corrected chi connectivity index (χ4v) is 2.83. The molecule has 0 aliphatic heterocycles. The first-order valence-corrected chi connectivity index (χ1v) is 6.90. The van der Waals surface area contributed by atoms with Gasteiger partial charge in [-0.2, -0.15) is 0 Å². The maximum Gasteiger partial charge on any atom is 0.0818 e. The van der Waals surface area contributed by atoms with Gasteiger partial charge in [0.15, 0.2) is 0 Å². The zero-order chi connectivity index (χ0) is 11.8. The molecule has 2 aromatic rings. The molecular weight excluding hydrogens is 276 g/mol. The molecule has 0 aromatic heterocycles. The number of halogens is 1. The fraction of sp³-hybridized carbons (Fsp3) is 0.333. The molecule has 0 spiro atoms. The third-order valence-electron chi connectivity index (χ3n) is 3.76. The van der Waals surface area contributed by atoms with Crippen molar-refractivity contribution < 1.29 is 5.11 Å². The molecule has 1 fully saturated rings. The number of rotatable bonds is 2. The van der Waals surface area contributed by atoms with Crippen LogP contribution in [0.4, 0.5) is 0 Å². The van der Waals surface area contributed by atoms with Gasteiger partial charge in [0.05, 0.1) is 6.10 Å². The van der Waals surface area contributed by atoms with Crippen LogP contribution in [0.25, 0.3) is 10.8 Å². The Labute approximate surface area is 110 Å². The van der Waals surface area contributed by atoms with Crippen LogP contribution in [0, 0.1) is 5.92 Å². The quantitative estimate of drug-likeness (QED) is 0.867. The molecule has 0 heterocycles. The van der Waals surface area contributed by atoms with E-state index in [4.69, 9.17) is 0 Å². The van der Waals surface area contributed by atoms with Crippen molar-refractivity contribution >= 4 is 26.7 Å². The van der Waals surface area contributed by atoms with E-state index in [2.05, 4.69) is 46.3 Å². The zero-order valence-electron chi connectivity index (χ0n) is 9.57. The van der Waals surface area contributed by atoms with Gasteiger partial charge in [0.1, 0.15) is 0 Å². The maximum atomic E-state index is 10.2. The molecule has 1 N–H and O–H groups in total. The lowest BCUT2D eigenvalue weighted by atomic mass is 9.78. The van der Waals surface area contributed by atoms with E-state index in [0.29, 0.717) is 5.92 Å². The summed E-state index contributed by atoms with van der Waals surface area (Å²) < 4.78 is 1.09. The van der Waals surface area contributed by atoms with E-state index in [1.165, 1.54) is 30.0 Å². The molecule has 1 nitrogen and oxygen atoms in total. The maximum absolute atomic E-state index is 10.2. The van der Waals surface area contributed by atoms with Crippen LogP contribution in [0.2, 0.25) is 0 Å². The Balaban J connectivity index is 1.98. The summed E-state index contributed by atoms with van der Waals surface area (Å²) in [5, 5.41) is 12.7. The summed E-state index contributed by atoms with van der Waals surface area (Å²) >= 11 is 3.47. The van der Waals surface area contributed by atoms with Crippen LogP contribution in [0.3, 0.4) is 0 Å². The third-order valence-corrected chi connectivity index (χ3v) is 4.26. The molecule has 1 aliphatic carbocycles. The van der Waals surface area contributed by atoms with Crippen molar-refractivity contribution in [1.29, 1.82) is 0 Å². The van der Waals surface area contributed by atoms with Crippen LogP contribution < -0.4 is 0 Å². The van der Waals surface area contributed by atoms with Crippen molar-refractivity contribution in [2.45, 2.75) is 25.4 Å². The molecule has 0 radical (unpaired) electrons. The first-order valence-electron chi connectivity index (χ1n) is 6.11. The molecule has 1 saturated carbocycles. The van der Waals surface area contributed by atoms with Gasteiger partial charge in [-0.25, -0.2) is 0 Å². The lowest BCUT2D eigenvalue weighted by molar-refractivity contribution is 0.0622. The van der Waals surface area contributed by atoms with Gasteiger partial charge in [0.25, 0.3) is 0 Å². The summed E-state index contributed by atoms with van der Waals surface area (Å²) in [7, 11) is 0. The number of aliphatic hydroxyl groups excluding tert-OH is 1. The SMILES string of the molecule is OC(c1ccc2cc(Br)ccc2c1)C1CCC1. The Morgan fingerprint density at radius 1 is 1.06 bits per heavy atom. The Kier molecular flexibility index (Phi) is 2.93. The second kappa shape index (κ2) is 4.43. The number of hydrogen-bond acceptors (Lipinski definition) is 1. The Morgan fingerprint density at radius 2 is 1.76 bits per heavy atom. The molecule has 2 heteroatoms. The van der Waals surface area contributed by atoms with Crippen molar-refractivity contribution in [2.24, 2.45) is 5.92 Å². The Morgan fingerprint density at radius 3 is 2.47 bits per heavy atom. The summed E-state index contributed by atoms with van der Waals surface area (Å²) in [6.45, 7) is 0. The Hall–Kier alpha value is -0.860. The summed E-state index contributed by atoms with van der Waals surface area (Å²) in [6.07, 6.45) is 3.32. The van der Waals surface area contributed by atoms with Gasteiger partial charge < -0.3 is 5.11 Å². The second-order valence-electron chi connectivity index (χ2n) is 4.89. The molecule has 2 aromatic carbocycles. The summed E-state index contributed by atoms with van der Waals surface area (Å²) in [5.74, 6) is 0.475. The van der Waals surface area contributed by atoms with Crippen molar-refractivity contribution in [3.8, 4) is 0 Å². The highest BCUT2D eigenvalue weighted by Gasteiger charge is 2.26. The van der Waals surface area contributed by atoms with Gasteiger partial charge in [-0.15, -0.1) is 0 Å². The van der Waals surface area contributed by atoms with Gasteiger partial charge in [0.2, 0.25) is 0 Å². The topological polar surface area (TPSA) is 20.2 Å². The van der Waals surface area contributed by atoms with Gasteiger partial charge in [-0.1, -0.05) is 40.5 Å². The largest absolute Gasteiger partial charge is 0.388 e. The first kappa shape index (κ1) is 11.2. The van der Waals surface area contributed by atoms with Crippen LogP contribution in [0.1, 0.15) is 30.9 Å². The highest BCUT2D eigenvalue weighted by Crippen LogP contribution is 2.38. The van der Waals surface area contributed by atoms with Crippen LogP contribution >= 0.6 is 15.9 Å². The highest BCUT2D eigenvalue weighted by atomic mass is 79.9. The van der Waals surface area contributed by atoms with E-state index in [0.717, 1.165) is 10.0 Å². The predicted molar refractivity (Wildman–Crippen MR) is 73.9 cm³/mol. The van der Waals surface area contributed by atoms with E-state index in [1.54, 1.807) is 0 Å². The van der Waals surface area contributed by atoms with Crippen molar-refractivity contribution in [2.75, 3.05) is 0 Å². The molecule has 88 valence electrons. The lowest BCUT2D eigenvalue weighted by Gasteiger charge is -2.30. The standard InChI is InChI=1S/C15H15BrO/c16-14-7-6-11-8-13(5-4-12(11)9-14)15(17)10-2-1-3-10/h4-10,15,17H,1-3H2. The van der Waals surface area contributed by atoms with Gasteiger partial charge in [0, 0.05) is 4.47 Å². The molecule has 1 unspecified atom stereocenters. The van der Waals surface area contributed by atoms with E-state index >= 15 is 0 Å². The zero-order valence-corrected chi connectivity index (χ0v) is 11.2. The summed E-state index contributed by atoms with van der Waals surface area (Å²) in [4.78, 5) is 0. The number of benzene rings is 2. The number of fused-ring (bicyclic) bond motifs is 1. The van der Waals surface area contributed by atoms with Crippen LogP contribution in [0.5, 0.6) is 0 Å². The number of aliphatic hydroxyl groups is 1. The first-order chi connectivity index (χ1) is 8.24. The molecule has 0 saturated heterocycles. The third kappa shape index (κ3) is 2.12. The second-order valence-corrected chi connectivity index (χ2v) is 5.80. The number of hydrogen-bond donors (Lipinski definition) is 1. The van der Waals surface area contributed by atoms with E-state index < -0.39 is 0 Å². The molecule has 17 heavy (non-hydrogen) atoms. The monoisotopic (exact) mass is 290 g/mol. The predicted octanol–water partition coefficient (Wildman–Crippen LogP) is 4.44. The summed E-state index contributed by atoms with van der Waals surface area (Å²) in [5.41, 5.74) is 1.06. The van der Waals surface area contributed by atoms with E-state index in [1.807, 2.05) is 6.07 Å². The highest BCUT2D eigenvalue weighted by molar-refractivity contribution is 9.10. The van der Waals surface area contributed by atoms with Gasteiger partial charge in [-0.3, -0.25) is 0 Å². The molecule has 1 atom stereocenters. The van der Waals surface area contributed by atoms with Crippen molar-refractivity contribution in [1.82, 2.24) is 0 Å². The van der Waals surface area contributed by atoms with E-state index in [-0.39, 0.29) is 6.10 Å². The fourth-order valence-electron chi connectivity index (χ4n) is 2.45. The van der Waals surface area contributed by atoms with Crippen molar-refractivity contribution in [3.63, 3.8) is 0 Å². The molecule has 1 aliphatic rings. The molecule has 3 rings (SSSR count). The minimum absolute atomic E-state index is 0.281. The minimum Gasteiger partial charge on any atom is -0.388 e. The van der Waals surface area contributed by atoms with Crippen LogP contribution in [0.15, 0.2) is 40.9 Å². The average molecular weight is 291 g/mol. The molecule has 0 amide bonds. The minimum atomic E-state index is -0.281. The van der Waals surface area contributed by atoms with E-state index in [9.17, 15) is 5.11 Å². The van der Waals surface area contributed by atoms with Gasteiger partial charge in [-0.05, 0) is 53.3 Å². The van der Waals surface area contributed by atoms with Gasteiger partial charge >= 0.3 is 0 Å². The normalized spacial score (nSPS) is 18.0. The van der Waals surface area contributed by atoms with Crippen LogP contribution in [-0.4, -0.2) is 5.11 Å². The Bertz CT molecular complexity index is 546. The van der Waals surface area contributed by atoms with Crippen LogP contribution in [-0.2, 0) is 0 Å². The lowest BCUT2D eigenvalue weighted by Crippen LogP contribution is -2.19. The molecular formula is C15H15BrO. The average Bonchev–Trinajstić information content (AvgIpc) is 2.26. The van der Waals surface area contributed by atoms with Crippen molar-refractivity contribution in [3.05, 3.63) is 46.4 Å². The smallest absolute Gasteiger partial charge is 0.0818 e. The molecule has 0 bridgehead atoms.